The molecule has 2 heterocycles. The predicted molar refractivity (Wildman–Crippen MR) is 62.8 cm³/mol. The molecule has 0 saturated heterocycles. The van der Waals surface area contributed by atoms with Gasteiger partial charge in [0.2, 0.25) is 5.69 Å². The second-order valence-electron chi connectivity index (χ2n) is 3.85. The molecule has 2 heteroatoms. The molecule has 78 valence electrons. The summed E-state index contributed by atoms with van der Waals surface area (Å²) >= 11 is 0. The highest BCUT2D eigenvalue weighted by Crippen LogP contribution is 2.25. The summed E-state index contributed by atoms with van der Waals surface area (Å²) in [6, 6.07) is 16.2. The van der Waals surface area contributed by atoms with E-state index in [1.165, 1.54) is 0 Å². The van der Waals surface area contributed by atoms with E-state index in [9.17, 15) is 0 Å². The van der Waals surface area contributed by atoms with Gasteiger partial charge in [-0.2, -0.15) is 4.57 Å². The van der Waals surface area contributed by atoms with Crippen molar-refractivity contribution in [1.29, 1.82) is 0 Å². The van der Waals surface area contributed by atoms with E-state index < -0.39 is 0 Å². The molecule has 3 rings (SSSR count). The molecule has 2 aromatic heterocycles. The molecule has 0 saturated carbocycles. The third kappa shape index (κ3) is 1.39. The fraction of sp³-hybridized carbons (Fsp3) is 0.0714. The highest BCUT2D eigenvalue weighted by Gasteiger charge is 2.13. The molecule has 1 aromatic carbocycles. The second-order valence-corrected chi connectivity index (χ2v) is 3.85. The molecule has 16 heavy (non-hydrogen) atoms. The first-order valence-corrected chi connectivity index (χ1v) is 5.28. The molecule has 0 unspecified atom stereocenters. The molecule has 0 aliphatic carbocycles. The van der Waals surface area contributed by atoms with Gasteiger partial charge < -0.3 is 4.42 Å². The smallest absolute Gasteiger partial charge is 0.248 e. The zero-order valence-corrected chi connectivity index (χ0v) is 9.05. The minimum atomic E-state index is 0.907. The third-order valence-electron chi connectivity index (χ3n) is 2.73. The van der Waals surface area contributed by atoms with Gasteiger partial charge >= 0.3 is 0 Å². The fourth-order valence-corrected chi connectivity index (χ4v) is 1.89. The van der Waals surface area contributed by atoms with Crippen molar-refractivity contribution < 1.29 is 8.98 Å². The summed E-state index contributed by atoms with van der Waals surface area (Å²) in [7, 11) is 2.02. The maximum atomic E-state index is 5.81. The van der Waals surface area contributed by atoms with Crippen LogP contribution in [0.5, 0.6) is 0 Å². The van der Waals surface area contributed by atoms with Gasteiger partial charge in [0.05, 0.1) is 0 Å². The van der Waals surface area contributed by atoms with Crippen LogP contribution in [0.2, 0.25) is 0 Å². The van der Waals surface area contributed by atoms with E-state index in [0.717, 1.165) is 22.4 Å². The molecule has 0 fully saturated rings. The highest BCUT2D eigenvalue weighted by atomic mass is 16.3. The summed E-state index contributed by atoms with van der Waals surface area (Å²) in [5.74, 6) is 0.907. The van der Waals surface area contributed by atoms with Crippen LogP contribution in [0, 0.1) is 0 Å². The summed E-state index contributed by atoms with van der Waals surface area (Å²) in [5, 5.41) is 1.14. The number of aromatic nitrogens is 1. The van der Waals surface area contributed by atoms with Gasteiger partial charge in [-0.25, -0.2) is 0 Å². The SMILES string of the molecule is C[n+]1ccccc1-c1cc2ccccc2o1. The molecule has 0 atom stereocenters. The Morgan fingerprint density at radius 2 is 1.81 bits per heavy atom. The van der Waals surface area contributed by atoms with E-state index in [1.54, 1.807) is 0 Å². The monoisotopic (exact) mass is 210 g/mol. The Labute approximate surface area is 93.8 Å². The first-order chi connectivity index (χ1) is 7.84. The number of hydrogen-bond acceptors (Lipinski definition) is 1. The molecule has 0 aliphatic heterocycles. The van der Waals surface area contributed by atoms with Crippen LogP contribution in [0.25, 0.3) is 22.4 Å². The van der Waals surface area contributed by atoms with Gasteiger partial charge in [0.1, 0.15) is 12.6 Å². The topological polar surface area (TPSA) is 17.0 Å². The van der Waals surface area contributed by atoms with Gasteiger partial charge in [-0.3, -0.25) is 0 Å². The minimum Gasteiger partial charge on any atom is -0.450 e. The molecule has 0 bridgehead atoms. The zero-order chi connectivity index (χ0) is 11.0. The summed E-state index contributed by atoms with van der Waals surface area (Å²) < 4.78 is 7.87. The Balaban J connectivity index is 2.23. The van der Waals surface area contributed by atoms with E-state index in [4.69, 9.17) is 4.42 Å². The highest BCUT2D eigenvalue weighted by molar-refractivity contribution is 5.81. The number of para-hydroxylation sites is 1. The summed E-state index contributed by atoms with van der Waals surface area (Å²) in [4.78, 5) is 0. The third-order valence-corrected chi connectivity index (χ3v) is 2.73. The Morgan fingerprint density at radius 3 is 2.62 bits per heavy atom. The number of fused-ring (bicyclic) bond motifs is 1. The van der Waals surface area contributed by atoms with Crippen LogP contribution in [0.15, 0.2) is 59.1 Å². The van der Waals surface area contributed by atoms with Crippen molar-refractivity contribution in [2.24, 2.45) is 7.05 Å². The van der Waals surface area contributed by atoms with Crippen LogP contribution < -0.4 is 4.57 Å². The maximum Gasteiger partial charge on any atom is 0.248 e. The van der Waals surface area contributed by atoms with Gasteiger partial charge in [-0.1, -0.05) is 18.2 Å². The second kappa shape index (κ2) is 3.49. The van der Waals surface area contributed by atoms with Crippen molar-refractivity contribution in [2.75, 3.05) is 0 Å². The lowest BCUT2D eigenvalue weighted by molar-refractivity contribution is -0.660. The largest absolute Gasteiger partial charge is 0.450 e. The molecule has 0 amide bonds. The van der Waals surface area contributed by atoms with Gasteiger partial charge in [-0.15, -0.1) is 0 Å². The normalized spacial score (nSPS) is 10.8. The number of benzene rings is 1. The summed E-state index contributed by atoms with van der Waals surface area (Å²) in [6.07, 6.45) is 2.02. The van der Waals surface area contributed by atoms with Crippen LogP contribution in [0.3, 0.4) is 0 Å². The average Bonchev–Trinajstić information content (AvgIpc) is 2.73. The van der Waals surface area contributed by atoms with Crippen molar-refractivity contribution in [3.8, 4) is 11.5 Å². The lowest BCUT2D eigenvalue weighted by Crippen LogP contribution is -2.29. The summed E-state index contributed by atoms with van der Waals surface area (Å²) in [5.41, 5.74) is 2.01. The molecule has 0 aliphatic rings. The minimum absolute atomic E-state index is 0.907. The number of rotatable bonds is 1. The summed E-state index contributed by atoms with van der Waals surface area (Å²) in [6.45, 7) is 0. The quantitative estimate of drug-likeness (QED) is 0.564. The number of aryl methyl sites for hydroxylation is 1. The molecule has 2 nitrogen and oxygen atoms in total. The number of furan rings is 1. The number of nitrogens with zero attached hydrogens (tertiary/aromatic N) is 1. The van der Waals surface area contributed by atoms with Crippen LogP contribution in [0.4, 0.5) is 0 Å². The van der Waals surface area contributed by atoms with Crippen molar-refractivity contribution in [3.05, 3.63) is 54.7 Å². The molecule has 0 spiro atoms. The molecule has 0 N–H and O–H groups in total. The molecular formula is C14H12NO+. The Hall–Kier alpha value is -2.09. The van der Waals surface area contributed by atoms with Gasteiger partial charge in [0.25, 0.3) is 0 Å². The molecule has 3 aromatic rings. The van der Waals surface area contributed by atoms with Crippen molar-refractivity contribution in [3.63, 3.8) is 0 Å². The van der Waals surface area contributed by atoms with Crippen LogP contribution >= 0.6 is 0 Å². The Morgan fingerprint density at radius 1 is 1.00 bits per heavy atom. The van der Waals surface area contributed by atoms with Crippen molar-refractivity contribution >= 4 is 11.0 Å². The Bertz CT molecular complexity index is 607. The standard InChI is InChI=1S/C14H12NO/c1-15-9-5-4-7-12(15)14-10-11-6-2-3-8-13(11)16-14/h2-10H,1H3/q+1. The molecule has 0 radical (unpaired) electrons. The van der Waals surface area contributed by atoms with Crippen molar-refractivity contribution in [1.82, 2.24) is 0 Å². The average molecular weight is 210 g/mol. The van der Waals surface area contributed by atoms with Gasteiger partial charge in [0, 0.05) is 17.5 Å². The number of pyridine rings is 1. The van der Waals surface area contributed by atoms with E-state index >= 15 is 0 Å². The lowest BCUT2D eigenvalue weighted by atomic mass is 10.2. The Kier molecular flexibility index (Phi) is 2.00. The number of hydrogen-bond donors (Lipinski definition) is 0. The lowest BCUT2D eigenvalue weighted by Gasteiger charge is -1.93. The van der Waals surface area contributed by atoms with E-state index in [2.05, 4.69) is 22.8 Å². The molecular weight excluding hydrogens is 198 g/mol. The predicted octanol–water partition coefficient (Wildman–Crippen LogP) is 2.92. The van der Waals surface area contributed by atoms with Crippen LogP contribution in [0.1, 0.15) is 0 Å². The van der Waals surface area contributed by atoms with Crippen LogP contribution in [-0.2, 0) is 7.05 Å². The first kappa shape index (κ1) is 9.16. The first-order valence-electron chi connectivity index (χ1n) is 5.28. The van der Waals surface area contributed by atoms with Crippen molar-refractivity contribution in [2.45, 2.75) is 0 Å². The van der Waals surface area contributed by atoms with E-state index in [-0.39, 0.29) is 0 Å². The van der Waals surface area contributed by atoms with Gasteiger partial charge in [-0.05, 0) is 18.2 Å². The van der Waals surface area contributed by atoms with E-state index in [1.807, 2.05) is 43.6 Å². The van der Waals surface area contributed by atoms with Crippen LogP contribution in [-0.4, -0.2) is 0 Å². The van der Waals surface area contributed by atoms with E-state index in [0.29, 0.717) is 0 Å². The fourth-order valence-electron chi connectivity index (χ4n) is 1.89. The van der Waals surface area contributed by atoms with Gasteiger partial charge in [0.15, 0.2) is 12.0 Å². The zero-order valence-electron chi connectivity index (χ0n) is 9.05. The maximum absolute atomic E-state index is 5.81.